The topological polar surface area (TPSA) is 39.2 Å². The van der Waals surface area contributed by atoms with Crippen LogP contribution in [0.5, 0.6) is 0 Å². The first-order valence-electron chi connectivity index (χ1n) is 6.43. The summed E-state index contributed by atoms with van der Waals surface area (Å²) in [5.41, 5.74) is 3.40. The van der Waals surface area contributed by atoms with Gasteiger partial charge in [0, 0.05) is 21.6 Å². The number of nitrogens with zero attached hydrogens (tertiary/aromatic N) is 1. The summed E-state index contributed by atoms with van der Waals surface area (Å²) < 4.78 is 5.48. The smallest absolute Gasteiger partial charge is 0.340 e. The average Bonchev–Trinajstić information content (AvgIpc) is 2.55. The third-order valence-corrected chi connectivity index (χ3v) is 4.18. The molecule has 0 fully saturated rings. The molecule has 0 aliphatic rings. The summed E-state index contributed by atoms with van der Waals surface area (Å²) in [5, 5.41) is 0.888. The second-order valence-electron chi connectivity index (χ2n) is 4.55. The first-order chi connectivity index (χ1) is 10.2. The van der Waals surface area contributed by atoms with Gasteiger partial charge in [0.1, 0.15) is 0 Å². The highest BCUT2D eigenvalue weighted by molar-refractivity contribution is 9.10. The van der Waals surface area contributed by atoms with Crippen LogP contribution in [-0.2, 0) is 4.74 Å². The third kappa shape index (κ3) is 2.43. The van der Waals surface area contributed by atoms with Crippen molar-refractivity contribution in [3.05, 3.63) is 64.8 Å². The Bertz CT molecular complexity index is 816. The number of hydrogen-bond acceptors (Lipinski definition) is 3. The zero-order valence-corrected chi connectivity index (χ0v) is 12.9. The number of carbonyl (C=O) groups is 1. The average molecular weight is 342 g/mol. The minimum absolute atomic E-state index is 0.401. The standard InChI is InChI=1S/C17H12BrNO2/c1-21-17(20)14-10-19-16-12(11-6-3-2-4-7-11)8-5-9-13(16)15(14)18/h2-10H,1H3. The third-order valence-electron chi connectivity index (χ3n) is 3.32. The van der Waals surface area contributed by atoms with Gasteiger partial charge < -0.3 is 4.74 Å². The van der Waals surface area contributed by atoms with E-state index in [1.807, 2.05) is 48.5 Å². The molecule has 0 saturated heterocycles. The monoisotopic (exact) mass is 341 g/mol. The van der Waals surface area contributed by atoms with Crippen LogP contribution in [0.1, 0.15) is 10.4 Å². The van der Waals surface area contributed by atoms with E-state index < -0.39 is 5.97 Å². The quantitative estimate of drug-likeness (QED) is 0.646. The molecule has 2 aromatic carbocycles. The van der Waals surface area contributed by atoms with Crippen molar-refractivity contribution in [2.45, 2.75) is 0 Å². The molecule has 21 heavy (non-hydrogen) atoms. The number of carbonyl (C=O) groups excluding carboxylic acids is 1. The van der Waals surface area contributed by atoms with Gasteiger partial charge in [-0.1, -0.05) is 48.5 Å². The number of aromatic nitrogens is 1. The van der Waals surface area contributed by atoms with Crippen LogP contribution in [0.4, 0.5) is 0 Å². The summed E-state index contributed by atoms with van der Waals surface area (Å²) in [7, 11) is 1.36. The predicted octanol–water partition coefficient (Wildman–Crippen LogP) is 4.45. The van der Waals surface area contributed by atoms with Crippen molar-refractivity contribution in [3.8, 4) is 11.1 Å². The zero-order chi connectivity index (χ0) is 14.8. The molecule has 0 amide bonds. The summed E-state index contributed by atoms with van der Waals surface area (Å²) in [4.78, 5) is 16.2. The number of hydrogen-bond donors (Lipinski definition) is 0. The Hall–Kier alpha value is -2.20. The highest BCUT2D eigenvalue weighted by Gasteiger charge is 2.15. The van der Waals surface area contributed by atoms with Crippen LogP contribution < -0.4 is 0 Å². The van der Waals surface area contributed by atoms with Crippen LogP contribution in [0.2, 0.25) is 0 Å². The van der Waals surface area contributed by atoms with E-state index in [-0.39, 0.29) is 0 Å². The van der Waals surface area contributed by atoms with Crippen molar-refractivity contribution < 1.29 is 9.53 Å². The summed E-state index contributed by atoms with van der Waals surface area (Å²) in [5.74, 6) is -0.401. The van der Waals surface area contributed by atoms with Gasteiger partial charge in [-0.25, -0.2) is 4.79 Å². The van der Waals surface area contributed by atoms with E-state index in [1.165, 1.54) is 7.11 Å². The van der Waals surface area contributed by atoms with E-state index in [0.29, 0.717) is 10.0 Å². The number of fused-ring (bicyclic) bond motifs is 1. The maximum atomic E-state index is 11.7. The summed E-state index contributed by atoms with van der Waals surface area (Å²) >= 11 is 3.49. The molecule has 0 radical (unpaired) electrons. The van der Waals surface area contributed by atoms with Crippen LogP contribution >= 0.6 is 15.9 Å². The number of para-hydroxylation sites is 1. The molecule has 0 aliphatic carbocycles. The molecular formula is C17H12BrNO2. The molecule has 0 N–H and O–H groups in total. The van der Waals surface area contributed by atoms with Crippen molar-refractivity contribution in [2.75, 3.05) is 7.11 Å². The van der Waals surface area contributed by atoms with Crippen molar-refractivity contribution in [3.63, 3.8) is 0 Å². The first-order valence-corrected chi connectivity index (χ1v) is 7.22. The predicted molar refractivity (Wildman–Crippen MR) is 86.2 cm³/mol. The molecular weight excluding hydrogens is 330 g/mol. The van der Waals surface area contributed by atoms with Gasteiger partial charge in [-0.3, -0.25) is 4.98 Å². The molecule has 3 aromatic rings. The molecule has 1 heterocycles. The molecule has 0 spiro atoms. The fourth-order valence-electron chi connectivity index (χ4n) is 2.29. The Morgan fingerprint density at radius 1 is 1.10 bits per heavy atom. The van der Waals surface area contributed by atoms with E-state index in [9.17, 15) is 4.79 Å². The van der Waals surface area contributed by atoms with Crippen LogP contribution in [0.25, 0.3) is 22.0 Å². The van der Waals surface area contributed by atoms with Crippen molar-refractivity contribution >= 4 is 32.8 Å². The number of halogens is 1. The van der Waals surface area contributed by atoms with Gasteiger partial charge in [-0.05, 0) is 21.5 Å². The number of pyridine rings is 1. The van der Waals surface area contributed by atoms with E-state index in [0.717, 1.165) is 22.0 Å². The van der Waals surface area contributed by atoms with Gasteiger partial charge in [0.05, 0.1) is 18.2 Å². The Balaban J connectivity index is 2.27. The Morgan fingerprint density at radius 2 is 1.86 bits per heavy atom. The van der Waals surface area contributed by atoms with Crippen molar-refractivity contribution in [1.29, 1.82) is 0 Å². The molecule has 4 heteroatoms. The van der Waals surface area contributed by atoms with E-state index in [1.54, 1.807) is 6.20 Å². The fourth-order valence-corrected chi connectivity index (χ4v) is 2.88. The maximum absolute atomic E-state index is 11.7. The SMILES string of the molecule is COC(=O)c1cnc2c(-c3ccccc3)cccc2c1Br. The van der Waals surface area contributed by atoms with Gasteiger partial charge in [-0.2, -0.15) is 0 Å². The molecule has 0 bridgehead atoms. The minimum Gasteiger partial charge on any atom is -0.465 e. The Kier molecular flexibility index (Phi) is 3.71. The van der Waals surface area contributed by atoms with Crippen molar-refractivity contribution in [2.24, 2.45) is 0 Å². The number of benzene rings is 2. The minimum atomic E-state index is -0.401. The highest BCUT2D eigenvalue weighted by Crippen LogP contribution is 2.32. The number of ether oxygens (including phenoxy) is 1. The molecule has 104 valence electrons. The molecule has 0 atom stereocenters. The largest absolute Gasteiger partial charge is 0.465 e. The normalized spacial score (nSPS) is 10.6. The molecule has 1 aromatic heterocycles. The molecule has 3 nitrogen and oxygen atoms in total. The van der Waals surface area contributed by atoms with E-state index >= 15 is 0 Å². The van der Waals surface area contributed by atoms with Gasteiger partial charge in [0.2, 0.25) is 0 Å². The van der Waals surface area contributed by atoms with Crippen molar-refractivity contribution in [1.82, 2.24) is 4.98 Å². The number of methoxy groups -OCH3 is 1. The maximum Gasteiger partial charge on any atom is 0.340 e. The first kappa shape index (κ1) is 13.8. The lowest BCUT2D eigenvalue weighted by Gasteiger charge is -2.09. The highest BCUT2D eigenvalue weighted by atomic mass is 79.9. The molecule has 3 rings (SSSR count). The Labute approximate surface area is 130 Å². The van der Waals surface area contributed by atoms with Gasteiger partial charge in [-0.15, -0.1) is 0 Å². The molecule has 0 unspecified atom stereocenters. The van der Waals surface area contributed by atoms with Crippen LogP contribution in [-0.4, -0.2) is 18.1 Å². The lowest BCUT2D eigenvalue weighted by Crippen LogP contribution is -2.03. The van der Waals surface area contributed by atoms with Crippen LogP contribution in [0.15, 0.2) is 59.2 Å². The second-order valence-corrected chi connectivity index (χ2v) is 5.34. The molecule has 0 aliphatic heterocycles. The molecule has 0 saturated carbocycles. The summed E-state index contributed by atoms with van der Waals surface area (Å²) in [6.07, 6.45) is 1.55. The van der Waals surface area contributed by atoms with E-state index in [4.69, 9.17) is 4.74 Å². The van der Waals surface area contributed by atoms with Crippen LogP contribution in [0, 0.1) is 0 Å². The van der Waals surface area contributed by atoms with Gasteiger partial charge in [0.15, 0.2) is 0 Å². The lowest BCUT2D eigenvalue weighted by atomic mass is 10.0. The number of esters is 1. The van der Waals surface area contributed by atoms with Gasteiger partial charge in [0.25, 0.3) is 0 Å². The Morgan fingerprint density at radius 3 is 2.57 bits per heavy atom. The second kappa shape index (κ2) is 5.66. The fraction of sp³-hybridized carbons (Fsp3) is 0.0588. The summed E-state index contributed by atoms with van der Waals surface area (Å²) in [6, 6.07) is 16.0. The summed E-state index contributed by atoms with van der Waals surface area (Å²) in [6.45, 7) is 0. The zero-order valence-electron chi connectivity index (χ0n) is 11.3. The van der Waals surface area contributed by atoms with Crippen LogP contribution in [0.3, 0.4) is 0 Å². The number of rotatable bonds is 2. The lowest BCUT2D eigenvalue weighted by molar-refractivity contribution is 0.0599. The van der Waals surface area contributed by atoms with E-state index in [2.05, 4.69) is 20.9 Å². The van der Waals surface area contributed by atoms with Gasteiger partial charge >= 0.3 is 5.97 Å².